The number of aryl methyl sites for hydroxylation is 2. The average molecular weight is 505 g/mol. The molecule has 10 nitrogen and oxygen atoms in total. The highest BCUT2D eigenvalue weighted by atomic mass is 35.5. The molecule has 0 unspecified atom stereocenters. The molecule has 0 saturated carbocycles. The van der Waals surface area contributed by atoms with Crippen LogP contribution >= 0.6 is 11.6 Å². The zero-order valence-corrected chi connectivity index (χ0v) is 21.0. The number of carbonyl (C=O) groups excluding carboxylic acids is 1. The third-order valence-electron chi connectivity index (χ3n) is 5.77. The van der Waals surface area contributed by atoms with Gasteiger partial charge >= 0.3 is 0 Å². The number of halogens is 1. The first-order chi connectivity index (χ1) is 17.1. The molecule has 1 aromatic carbocycles. The van der Waals surface area contributed by atoms with Crippen LogP contribution in [-0.4, -0.2) is 30.8 Å². The monoisotopic (exact) mass is 504 g/mol. The van der Waals surface area contributed by atoms with Crippen molar-refractivity contribution >= 4 is 45.5 Å². The second kappa shape index (κ2) is 9.71. The summed E-state index contributed by atoms with van der Waals surface area (Å²) in [4.78, 5) is 29.6. The number of fused-ring (bicyclic) bond motifs is 1. The van der Waals surface area contributed by atoms with E-state index >= 15 is 0 Å². The summed E-state index contributed by atoms with van der Waals surface area (Å²) >= 11 is 6.06. The van der Waals surface area contributed by atoms with Crippen molar-refractivity contribution in [3.63, 3.8) is 0 Å². The Kier molecular flexibility index (Phi) is 6.68. The molecule has 0 spiro atoms. The van der Waals surface area contributed by atoms with Gasteiger partial charge in [-0.3, -0.25) is 14.3 Å². The third-order valence-corrected chi connectivity index (χ3v) is 6.05. The molecule has 0 fully saturated rings. The number of aromatic nitrogens is 4. The van der Waals surface area contributed by atoms with Crippen LogP contribution in [0.2, 0.25) is 5.15 Å². The van der Waals surface area contributed by atoms with E-state index in [2.05, 4.69) is 32.1 Å². The Balaban J connectivity index is 1.66. The zero-order chi connectivity index (χ0) is 26.0. The van der Waals surface area contributed by atoms with Crippen LogP contribution in [0.5, 0.6) is 0 Å². The molecule has 1 amide bonds. The number of amides is 1. The molecule has 4 rings (SSSR count). The molecule has 11 heteroatoms. The van der Waals surface area contributed by atoms with Gasteiger partial charge < -0.3 is 20.5 Å². The van der Waals surface area contributed by atoms with Crippen molar-refractivity contribution in [1.29, 1.82) is 5.26 Å². The quantitative estimate of drug-likeness (QED) is 0.329. The number of nitrogens with one attached hydrogen (secondary N) is 3. The first kappa shape index (κ1) is 24.8. The van der Waals surface area contributed by atoms with Crippen LogP contribution in [0.4, 0.5) is 17.1 Å². The normalized spacial score (nSPS) is 11.2. The Hall–Kier alpha value is -4.36. The van der Waals surface area contributed by atoms with E-state index in [1.54, 1.807) is 50.0 Å². The summed E-state index contributed by atoms with van der Waals surface area (Å²) < 4.78 is 3.20. The number of hydrogen-bond acceptors (Lipinski definition) is 7. The van der Waals surface area contributed by atoms with Crippen LogP contribution in [0.3, 0.4) is 0 Å². The molecule has 0 aliphatic carbocycles. The standard InChI is InChI=1S/C25H25ClN8O2/c1-25(2,24(36)29-12-15-13-30-33(3)14-15)32-20-10-22(35)34(4)21-6-5-16(9-17(20)21)31-19-7-8-28-23(26)18(19)11-27/h5-10,13-14,32H,12H2,1-4H3,(H,28,31)(H,29,36). The minimum absolute atomic E-state index is 0.104. The van der Waals surface area contributed by atoms with Gasteiger partial charge in [-0.05, 0) is 38.1 Å². The lowest BCUT2D eigenvalue weighted by Gasteiger charge is -2.27. The lowest BCUT2D eigenvalue weighted by molar-refractivity contribution is -0.124. The first-order valence-electron chi connectivity index (χ1n) is 11.1. The highest BCUT2D eigenvalue weighted by Gasteiger charge is 2.28. The molecule has 0 aliphatic rings. The number of pyridine rings is 2. The number of nitrogens with zero attached hydrogens (tertiary/aromatic N) is 5. The van der Waals surface area contributed by atoms with Gasteiger partial charge in [0, 0.05) is 61.4 Å². The van der Waals surface area contributed by atoms with Gasteiger partial charge in [-0.2, -0.15) is 10.4 Å². The summed E-state index contributed by atoms with van der Waals surface area (Å²) in [5.74, 6) is -0.237. The molecule has 4 aromatic rings. The van der Waals surface area contributed by atoms with Crippen molar-refractivity contribution in [2.24, 2.45) is 14.1 Å². The molecule has 3 aromatic heterocycles. The summed E-state index contributed by atoms with van der Waals surface area (Å²) in [5.41, 5.74) is 2.21. The number of benzene rings is 1. The van der Waals surface area contributed by atoms with Crippen molar-refractivity contribution in [2.75, 3.05) is 10.6 Å². The fraction of sp³-hybridized carbons (Fsp3) is 0.240. The fourth-order valence-corrected chi connectivity index (χ4v) is 4.00. The number of carbonyl (C=O) groups is 1. The van der Waals surface area contributed by atoms with E-state index in [-0.39, 0.29) is 22.2 Å². The lowest BCUT2D eigenvalue weighted by atomic mass is 10.0. The molecule has 0 aliphatic heterocycles. The minimum atomic E-state index is -1.03. The van der Waals surface area contributed by atoms with Gasteiger partial charge in [-0.1, -0.05) is 11.6 Å². The van der Waals surface area contributed by atoms with Crippen LogP contribution in [0.25, 0.3) is 10.9 Å². The van der Waals surface area contributed by atoms with Gasteiger partial charge in [0.15, 0.2) is 0 Å². The van der Waals surface area contributed by atoms with Crippen molar-refractivity contribution in [2.45, 2.75) is 25.9 Å². The van der Waals surface area contributed by atoms with Crippen molar-refractivity contribution in [3.05, 3.63) is 75.6 Å². The van der Waals surface area contributed by atoms with E-state index in [0.717, 1.165) is 5.56 Å². The molecular formula is C25H25ClN8O2. The van der Waals surface area contributed by atoms with Gasteiger partial charge in [-0.25, -0.2) is 4.98 Å². The summed E-state index contributed by atoms with van der Waals surface area (Å²) in [5, 5.41) is 23.7. The highest BCUT2D eigenvalue weighted by Crippen LogP contribution is 2.30. The Morgan fingerprint density at radius 3 is 2.67 bits per heavy atom. The Bertz CT molecular complexity index is 1560. The number of rotatable bonds is 7. The van der Waals surface area contributed by atoms with Crippen LogP contribution in [-0.2, 0) is 25.4 Å². The smallest absolute Gasteiger partial charge is 0.252 e. The van der Waals surface area contributed by atoms with Crippen molar-refractivity contribution in [3.8, 4) is 6.07 Å². The molecule has 0 radical (unpaired) electrons. The molecule has 3 N–H and O–H groups in total. The topological polar surface area (TPSA) is 130 Å². The van der Waals surface area contributed by atoms with Gasteiger partial charge in [0.1, 0.15) is 22.3 Å². The van der Waals surface area contributed by atoms with E-state index in [4.69, 9.17) is 11.6 Å². The Labute approximate surface area is 212 Å². The van der Waals surface area contributed by atoms with Crippen LogP contribution < -0.4 is 21.5 Å². The predicted molar refractivity (Wildman–Crippen MR) is 139 cm³/mol. The van der Waals surface area contributed by atoms with Gasteiger partial charge in [0.25, 0.3) is 5.56 Å². The summed E-state index contributed by atoms with van der Waals surface area (Å²) in [6.07, 6.45) is 5.03. The molecule has 0 atom stereocenters. The molecule has 3 heterocycles. The average Bonchev–Trinajstić information content (AvgIpc) is 3.26. The van der Waals surface area contributed by atoms with E-state index in [1.807, 2.05) is 19.3 Å². The molecule has 0 bridgehead atoms. The number of hydrogen-bond donors (Lipinski definition) is 3. The molecule has 0 saturated heterocycles. The van der Waals surface area contributed by atoms with Gasteiger partial charge in [0.2, 0.25) is 5.91 Å². The second-order valence-corrected chi connectivity index (χ2v) is 9.26. The number of nitriles is 1. The number of anilines is 3. The highest BCUT2D eigenvalue weighted by molar-refractivity contribution is 6.31. The molecule has 36 heavy (non-hydrogen) atoms. The van der Waals surface area contributed by atoms with Crippen molar-refractivity contribution < 1.29 is 4.79 Å². The van der Waals surface area contributed by atoms with Crippen molar-refractivity contribution in [1.82, 2.24) is 24.6 Å². The Morgan fingerprint density at radius 1 is 1.19 bits per heavy atom. The first-order valence-corrected chi connectivity index (χ1v) is 11.5. The third kappa shape index (κ3) is 5.01. The van der Waals surface area contributed by atoms with E-state index in [1.165, 1.54) is 16.8 Å². The molecule has 184 valence electrons. The van der Waals surface area contributed by atoms with Crippen LogP contribution in [0.15, 0.2) is 53.7 Å². The SMILES string of the molecule is Cn1cc(CNC(=O)C(C)(C)Nc2cc(=O)n(C)c3ccc(Nc4ccnc(Cl)c4C#N)cc23)cn1. The second-order valence-electron chi connectivity index (χ2n) is 8.90. The fourth-order valence-electron chi connectivity index (χ4n) is 3.80. The van der Waals surface area contributed by atoms with Crippen LogP contribution in [0, 0.1) is 11.3 Å². The van der Waals surface area contributed by atoms with E-state index in [0.29, 0.717) is 34.5 Å². The van der Waals surface area contributed by atoms with Gasteiger partial charge in [-0.15, -0.1) is 0 Å². The maximum Gasteiger partial charge on any atom is 0.252 e. The summed E-state index contributed by atoms with van der Waals surface area (Å²) in [6, 6.07) is 10.6. The minimum Gasteiger partial charge on any atom is -0.371 e. The van der Waals surface area contributed by atoms with E-state index in [9.17, 15) is 14.9 Å². The van der Waals surface area contributed by atoms with Gasteiger partial charge in [0.05, 0.1) is 17.4 Å². The maximum absolute atomic E-state index is 13.0. The predicted octanol–water partition coefficient (Wildman–Crippen LogP) is 3.44. The lowest BCUT2D eigenvalue weighted by Crippen LogP contribution is -2.47. The zero-order valence-electron chi connectivity index (χ0n) is 20.3. The van der Waals surface area contributed by atoms with Crippen LogP contribution in [0.1, 0.15) is 25.0 Å². The summed E-state index contributed by atoms with van der Waals surface area (Å²) in [6.45, 7) is 3.82. The Morgan fingerprint density at radius 2 is 1.97 bits per heavy atom. The van der Waals surface area contributed by atoms with E-state index < -0.39 is 5.54 Å². The maximum atomic E-state index is 13.0. The molecular weight excluding hydrogens is 480 g/mol. The largest absolute Gasteiger partial charge is 0.371 e. The summed E-state index contributed by atoms with van der Waals surface area (Å²) in [7, 11) is 3.50.